The molecule has 0 spiro atoms. The van der Waals surface area contributed by atoms with Gasteiger partial charge in [0, 0.05) is 19.3 Å². The fourth-order valence-electron chi connectivity index (χ4n) is 6.11. The minimum Gasteiger partial charge on any atom is -0.462 e. The van der Waals surface area contributed by atoms with Gasteiger partial charge in [-0.25, -0.2) is 0 Å². The molecule has 0 heterocycles. The molecule has 1 unspecified atom stereocenters. The van der Waals surface area contributed by atoms with Crippen molar-refractivity contribution < 1.29 is 28.6 Å². The molecule has 0 aromatic heterocycles. The van der Waals surface area contributed by atoms with E-state index in [1.807, 2.05) is 0 Å². The van der Waals surface area contributed by atoms with Crippen LogP contribution in [-0.4, -0.2) is 37.2 Å². The van der Waals surface area contributed by atoms with Crippen LogP contribution >= 0.6 is 0 Å². The number of carbonyl (C=O) groups excluding carboxylic acids is 3. The quantitative estimate of drug-likeness (QED) is 0.0263. The Balaban J connectivity index is 4.45. The van der Waals surface area contributed by atoms with E-state index in [4.69, 9.17) is 14.2 Å². The minimum absolute atomic E-state index is 0.113. The van der Waals surface area contributed by atoms with E-state index in [0.29, 0.717) is 19.3 Å². The lowest BCUT2D eigenvalue weighted by molar-refractivity contribution is -0.167. The summed E-state index contributed by atoms with van der Waals surface area (Å²) in [5.41, 5.74) is 0. The van der Waals surface area contributed by atoms with Gasteiger partial charge in [-0.05, 0) is 122 Å². The number of carbonyl (C=O) groups is 3. The second kappa shape index (κ2) is 49.5. The molecule has 0 radical (unpaired) electrons. The van der Waals surface area contributed by atoms with Crippen molar-refractivity contribution in [1.29, 1.82) is 0 Å². The van der Waals surface area contributed by atoms with Crippen molar-refractivity contribution in [3.63, 3.8) is 0 Å². The first-order valence-electron chi connectivity index (χ1n) is 24.5. The fourth-order valence-corrected chi connectivity index (χ4v) is 6.11. The molecule has 0 fully saturated rings. The molecule has 0 N–H and O–H groups in total. The van der Waals surface area contributed by atoms with Crippen LogP contribution in [0.15, 0.2) is 122 Å². The lowest BCUT2D eigenvalue weighted by Gasteiger charge is -2.18. The summed E-state index contributed by atoms with van der Waals surface area (Å²) in [6.45, 7) is 6.19. The third-order valence-corrected chi connectivity index (χ3v) is 9.69. The predicted molar refractivity (Wildman–Crippen MR) is 265 cm³/mol. The van der Waals surface area contributed by atoms with Gasteiger partial charge in [0.05, 0.1) is 0 Å². The molecule has 0 aromatic carbocycles. The van der Waals surface area contributed by atoms with E-state index in [-0.39, 0.29) is 37.5 Å². The summed E-state index contributed by atoms with van der Waals surface area (Å²) in [6.07, 6.45) is 67.7. The van der Waals surface area contributed by atoms with Crippen LogP contribution in [0.1, 0.15) is 194 Å². The van der Waals surface area contributed by atoms with Gasteiger partial charge in [-0.1, -0.05) is 174 Å². The van der Waals surface area contributed by atoms with Gasteiger partial charge < -0.3 is 14.2 Å². The van der Waals surface area contributed by atoms with Crippen LogP contribution in [0.4, 0.5) is 0 Å². The molecular formula is C56H88O6. The molecule has 348 valence electrons. The van der Waals surface area contributed by atoms with E-state index in [2.05, 4.69) is 142 Å². The number of rotatable bonds is 42. The van der Waals surface area contributed by atoms with E-state index in [1.54, 1.807) is 0 Å². The molecule has 0 aliphatic rings. The molecule has 6 heteroatoms. The SMILES string of the molecule is CC/C=C\C/C=C\C/C=C\C/C=C\CCCCCCCCC(=O)OCC(COC(=O)CCCC/C=C\C/C=C\CC)OC(=O)CCCCC/C=C\C/C=C\C/C=C\C/C=C\CC. The summed E-state index contributed by atoms with van der Waals surface area (Å²) >= 11 is 0. The van der Waals surface area contributed by atoms with Gasteiger partial charge in [-0.2, -0.15) is 0 Å². The van der Waals surface area contributed by atoms with Crippen LogP contribution in [0.2, 0.25) is 0 Å². The number of unbranched alkanes of at least 4 members (excludes halogenated alkanes) is 11. The van der Waals surface area contributed by atoms with Gasteiger partial charge >= 0.3 is 17.9 Å². The van der Waals surface area contributed by atoms with Crippen LogP contribution in [0.5, 0.6) is 0 Å². The van der Waals surface area contributed by atoms with Crippen molar-refractivity contribution in [2.45, 2.75) is 200 Å². The Morgan fingerprint density at radius 2 is 0.581 bits per heavy atom. The normalized spacial score (nSPS) is 13.1. The maximum Gasteiger partial charge on any atom is 0.306 e. The molecule has 0 saturated heterocycles. The lowest BCUT2D eigenvalue weighted by Crippen LogP contribution is -2.30. The monoisotopic (exact) mass is 857 g/mol. The zero-order valence-electron chi connectivity index (χ0n) is 39.6. The summed E-state index contributed by atoms with van der Waals surface area (Å²) in [4.78, 5) is 37.8. The zero-order valence-corrected chi connectivity index (χ0v) is 39.6. The average molecular weight is 857 g/mol. The maximum absolute atomic E-state index is 12.8. The van der Waals surface area contributed by atoms with E-state index < -0.39 is 6.10 Å². The Morgan fingerprint density at radius 3 is 0.952 bits per heavy atom. The summed E-state index contributed by atoms with van der Waals surface area (Å²) in [5.74, 6) is -1.01. The molecule has 0 aromatic rings. The van der Waals surface area contributed by atoms with Gasteiger partial charge in [-0.15, -0.1) is 0 Å². The Bertz CT molecular complexity index is 1350. The summed E-state index contributed by atoms with van der Waals surface area (Å²) in [5, 5.41) is 0. The van der Waals surface area contributed by atoms with Crippen molar-refractivity contribution in [1.82, 2.24) is 0 Å². The molecule has 0 saturated carbocycles. The first-order valence-corrected chi connectivity index (χ1v) is 24.5. The second-order valence-electron chi connectivity index (χ2n) is 15.6. The van der Waals surface area contributed by atoms with Crippen LogP contribution in [0.3, 0.4) is 0 Å². The van der Waals surface area contributed by atoms with Crippen molar-refractivity contribution >= 4 is 17.9 Å². The summed E-state index contributed by atoms with van der Waals surface area (Å²) in [6, 6.07) is 0. The lowest BCUT2D eigenvalue weighted by atomic mass is 10.1. The molecule has 0 rings (SSSR count). The van der Waals surface area contributed by atoms with Crippen LogP contribution in [0, 0.1) is 0 Å². The minimum atomic E-state index is -0.816. The van der Waals surface area contributed by atoms with Crippen molar-refractivity contribution in [3.05, 3.63) is 122 Å². The molecule has 0 amide bonds. The molecule has 6 nitrogen and oxygen atoms in total. The largest absolute Gasteiger partial charge is 0.462 e. The topological polar surface area (TPSA) is 78.9 Å². The van der Waals surface area contributed by atoms with E-state index in [0.717, 1.165) is 135 Å². The smallest absolute Gasteiger partial charge is 0.306 e. The van der Waals surface area contributed by atoms with Crippen molar-refractivity contribution in [2.75, 3.05) is 13.2 Å². The highest BCUT2D eigenvalue weighted by Gasteiger charge is 2.19. The molecule has 0 aliphatic carbocycles. The average Bonchev–Trinajstić information content (AvgIpc) is 3.27. The van der Waals surface area contributed by atoms with E-state index in [9.17, 15) is 14.4 Å². The Kier molecular flexibility index (Phi) is 46.1. The standard InChI is InChI=1S/C56H88O6/c1-4-7-10-13-16-19-21-23-25-27-28-29-31-32-34-37-40-43-46-49-55(58)61-52-53(51-60-54(57)48-45-42-39-36-18-15-12-9-6-3)62-56(59)50-47-44-41-38-35-33-30-26-24-22-20-17-14-11-8-5-2/h7-12,16-20,23-26,28-29,33,35-36,53H,4-6,13-15,21-22,27,30-32,34,37-52H2,1-3H3/b10-7-,11-8-,12-9-,19-16-,20-17-,25-23-,26-24-,29-28-,35-33-,36-18-. The van der Waals surface area contributed by atoms with Crippen LogP contribution in [-0.2, 0) is 28.6 Å². The Hall–Kier alpha value is -4.19. The molecule has 62 heavy (non-hydrogen) atoms. The maximum atomic E-state index is 12.8. The highest BCUT2D eigenvalue weighted by molar-refractivity contribution is 5.71. The second-order valence-corrected chi connectivity index (χ2v) is 15.6. The van der Waals surface area contributed by atoms with Gasteiger partial charge in [0.15, 0.2) is 6.10 Å². The van der Waals surface area contributed by atoms with Gasteiger partial charge in [-0.3, -0.25) is 14.4 Å². The predicted octanol–water partition coefficient (Wildman–Crippen LogP) is 16.1. The number of hydrogen-bond donors (Lipinski definition) is 0. The first-order chi connectivity index (χ1) is 30.5. The van der Waals surface area contributed by atoms with Crippen molar-refractivity contribution in [3.8, 4) is 0 Å². The highest BCUT2D eigenvalue weighted by atomic mass is 16.6. The van der Waals surface area contributed by atoms with E-state index in [1.165, 1.54) is 12.8 Å². The Morgan fingerprint density at radius 1 is 0.323 bits per heavy atom. The summed E-state index contributed by atoms with van der Waals surface area (Å²) in [7, 11) is 0. The van der Waals surface area contributed by atoms with Crippen LogP contribution in [0.25, 0.3) is 0 Å². The Labute approximate surface area is 380 Å². The molecule has 0 bridgehead atoms. The molecule has 0 aliphatic heterocycles. The fraction of sp³-hybridized carbons (Fsp3) is 0.589. The highest BCUT2D eigenvalue weighted by Crippen LogP contribution is 2.12. The van der Waals surface area contributed by atoms with Gasteiger partial charge in [0.25, 0.3) is 0 Å². The number of ether oxygens (including phenoxy) is 3. The third-order valence-electron chi connectivity index (χ3n) is 9.69. The first kappa shape index (κ1) is 57.8. The zero-order chi connectivity index (χ0) is 45.1. The number of hydrogen-bond acceptors (Lipinski definition) is 6. The van der Waals surface area contributed by atoms with Crippen LogP contribution < -0.4 is 0 Å². The molecule has 1 atom stereocenters. The number of allylic oxidation sites excluding steroid dienone is 20. The third kappa shape index (κ3) is 46.9. The van der Waals surface area contributed by atoms with Crippen molar-refractivity contribution in [2.24, 2.45) is 0 Å². The van der Waals surface area contributed by atoms with E-state index >= 15 is 0 Å². The molecular weight excluding hydrogens is 769 g/mol. The number of esters is 3. The van der Waals surface area contributed by atoms with Gasteiger partial charge in [0.2, 0.25) is 0 Å². The van der Waals surface area contributed by atoms with Gasteiger partial charge in [0.1, 0.15) is 13.2 Å². The summed E-state index contributed by atoms with van der Waals surface area (Å²) < 4.78 is 16.7.